The second-order valence-corrected chi connectivity index (χ2v) is 9.35. The molecule has 22 heavy (non-hydrogen) atoms. The van der Waals surface area contributed by atoms with Crippen LogP contribution in [0.5, 0.6) is 0 Å². The second kappa shape index (κ2) is 4.27. The highest BCUT2D eigenvalue weighted by molar-refractivity contribution is 5.75. The molecule has 0 aromatic heterocycles. The number of hydrogen-bond donors (Lipinski definition) is 2. The van der Waals surface area contributed by atoms with Gasteiger partial charge in [0.15, 0.2) is 0 Å². The summed E-state index contributed by atoms with van der Waals surface area (Å²) in [5.41, 5.74) is -0.0777. The first kappa shape index (κ1) is 14.9. The van der Waals surface area contributed by atoms with Crippen LogP contribution in [0, 0.1) is 28.6 Å². The molecule has 7 atom stereocenters. The number of ether oxygens (including phenoxy) is 1. The topological polar surface area (TPSA) is 51.0 Å². The van der Waals surface area contributed by atoms with Crippen molar-refractivity contribution >= 4 is 5.97 Å². The Morgan fingerprint density at radius 3 is 2.68 bits per heavy atom. The Kier molecular flexibility index (Phi) is 2.90. The molecule has 4 heteroatoms. The standard InChI is InChI=1S/C18H29NO3/c1-16-6-5-11-12(9-19(3)4)15(20)22-13(11)14-17(2,21)7-8-18(14,16)10-16/h11-14,21H,5-10H2,1-4H3/p+1/t11-,12-,13-,14-,16-,17+,18-/m0/s1. The number of carbonyl (C=O) groups is 1. The predicted octanol–water partition coefficient (Wildman–Crippen LogP) is 0.640. The highest BCUT2D eigenvalue weighted by Gasteiger charge is 2.77. The lowest BCUT2D eigenvalue weighted by atomic mass is 9.73. The molecule has 4 aliphatic rings. The van der Waals surface area contributed by atoms with E-state index in [4.69, 9.17) is 4.74 Å². The Balaban J connectivity index is 1.71. The average Bonchev–Trinajstić information content (AvgIpc) is 2.77. The van der Waals surface area contributed by atoms with Crippen molar-refractivity contribution in [2.45, 2.75) is 57.7 Å². The molecular weight excluding hydrogens is 278 g/mol. The van der Waals surface area contributed by atoms with Crippen molar-refractivity contribution in [1.82, 2.24) is 0 Å². The summed E-state index contributed by atoms with van der Waals surface area (Å²) in [5, 5.41) is 11.0. The van der Waals surface area contributed by atoms with Crippen LogP contribution in [-0.2, 0) is 9.53 Å². The minimum Gasteiger partial charge on any atom is -0.461 e. The minimum absolute atomic E-state index is 0.0155. The molecule has 4 fully saturated rings. The van der Waals surface area contributed by atoms with E-state index in [1.54, 1.807) is 0 Å². The van der Waals surface area contributed by atoms with Crippen LogP contribution in [0.1, 0.15) is 46.0 Å². The van der Waals surface area contributed by atoms with E-state index < -0.39 is 5.60 Å². The number of carbonyl (C=O) groups excluding carboxylic acids is 1. The van der Waals surface area contributed by atoms with Gasteiger partial charge in [0.1, 0.15) is 12.0 Å². The van der Waals surface area contributed by atoms with Crippen molar-refractivity contribution in [3.05, 3.63) is 0 Å². The zero-order valence-corrected chi connectivity index (χ0v) is 14.3. The van der Waals surface area contributed by atoms with Crippen molar-refractivity contribution in [2.75, 3.05) is 20.6 Å². The molecule has 2 N–H and O–H groups in total. The third kappa shape index (κ3) is 1.74. The molecule has 0 unspecified atom stereocenters. The Bertz CT molecular complexity index is 516. The van der Waals surface area contributed by atoms with Gasteiger partial charge in [0, 0.05) is 11.8 Å². The summed E-state index contributed by atoms with van der Waals surface area (Å²) in [4.78, 5) is 13.8. The molecule has 0 amide bonds. The predicted molar refractivity (Wildman–Crippen MR) is 82.3 cm³/mol. The fourth-order valence-electron chi connectivity index (χ4n) is 6.47. The molecule has 124 valence electrons. The highest BCUT2D eigenvalue weighted by Crippen LogP contribution is 2.80. The summed E-state index contributed by atoms with van der Waals surface area (Å²) in [7, 11) is 4.20. The van der Waals surface area contributed by atoms with E-state index in [2.05, 4.69) is 21.0 Å². The van der Waals surface area contributed by atoms with Crippen molar-refractivity contribution in [3.8, 4) is 0 Å². The zero-order valence-electron chi connectivity index (χ0n) is 14.3. The first-order chi connectivity index (χ1) is 10.2. The summed E-state index contributed by atoms with van der Waals surface area (Å²) in [5.74, 6) is 0.449. The van der Waals surface area contributed by atoms with Gasteiger partial charge in [-0.05, 0) is 49.9 Å². The maximum atomic E-state index is 12.5. The Labute approximate surface area is 133 Å². The number of hydrogen-bond acceptors (Lipinski definition) is 3. The molecule has 4 nitrogen and oxygen atoms in total. The van der Waals surface area contributed by atoms with Crippen LogP contribution in [0.15, 0.2) is 0 Å². The fourth-order valence-corrected chi connectivity index (χ4v) is 6.47. The molecule has 3 saturated carbocycles. The van der Waals surface area contributed by atoms with Gasteiger partial charge in [-0.1, -0.05) is 6.92 Å². The highest BCUT2D eigenvalue weighted by atomic mass is 16.6. The molecule has 0 bridgehead atoms. The number of rotatable bonds is 2. The molecule has 1 aliphatic heterocycles. The monoisotopic (exact) mass is 308 g/mol. The van der Waals surface area contributed by atoms with Gasteiger partial charge in [0.25, 0.3) is 0 Å². The van der Waals surface area contributed by atoms with Gasteiger partial charge < -0.3 is 14.7 Å². The first-order valence-electron chi connectivity index (χ1n) is 8.92. The fraction of sp³-hybridized carbons (Fsp3) is 0.944. The quantitative estimate of drug-likeness (QED) is 0.736. The molecule has 3 aliphatic carbocycles. The number of aliphatic hydroxyl groups is 1. The lowest BCUT2D eigenvalue weighted by molar-refractivity contribution is -0.861. The van der Waals surface area contributed by atoms with Crippen molar-refractivity contribution in [1.29, 1.82) is 0 Å². The second-order valence-electron chi connectivity index (χ2n) is 9.35. The van der Waals surface area contributed by atoms with Crippen LogP contribution >= 0.6 is 0 Å². The van der Waals surface area contributed by atoms with Crippen LogP contribution in [-0.4, -0.2) is 43.4 Å². The number of quaternary nitrogens is 1. The summed E-state index contributed by atoms with van der Waals surface area (Å²) >= 11 is 0. The molecule has 1 heterocycles. The maximum Gasteiger partial charge on any atom is 0.315 e. The largest absolute Gasteiger partial charge is 0.461 e. The Hall–Kier alpha value is -0.610. The van der Waals surface area contributed by atoms with Crippen molar-refractivity contribution in [3.63, 3.8) is 0 Å². The van der Waals surface area contributed by atoms with Gasteiger partial charge >= 0.3 is 5.97 Å². The van der Waals surface area contributed by atoms with Crippen LogP contribution in [0.4, 0.5) is 0 Å². The van der Waals surface area contributed by atoms with Gasteiger partial charge in [-0.15, -0.1) is 0 Å². The molecule has 0 radical (unpaired) electrons. The van der Waals surface area contributed by atoms with E-state index in [1.165, 1.54) is 17.7 Å². The van der Waals surface area contributed by atoms with Gasteiger partial charge in [-0.3, -0.25) is 4.79 Å². The molecule has 1 saturated heterocycles. The average molecular weight is 308 g/mol. The molecule has 0 aromatic carbocycles. The van der Waals surface area contributed by atoms with E-state index in [0.29, 0.717) is 11.3 Å². The van der Waals surface area contributed by atoms with Gasteiger partial charge in [-0.2, -0.15) is 0 Å². The molecule has 0 aromatic rings. The van der Waals surface area contributed by atoms with Crippen LogP contribution < -0.4 is 4.90 Å². The van der Waals surface area contributed by atoms with Crippen molar-refractivity contribution < 1.29 is 19.5 Å². The van der Waals surface area contributed by atoms with E-state index in [9.17, 15) is 9.90 Å². The van der Waals surface area contributed by atoms with Crippen LogP contribution in [0.2, 0.25) is 0 Å². The van der Waals surface area contributed by atoms with E-state index in [0.717, 1.165) is 25.8 Å². The third-order valence-corrected chi connectivity index (χ3v) is 7.61. The van der Waals surface area contributed by atoms with Crippen LogP contribution in [0.25, 0.3) is 0 Å². The maximum absolute atomic E-state index is 12.5. The lowest BCUT2D eigenvalue weighted by Crippen LogP contribution is -3.06. The third-order valence-electron chi connectivity index (χ3n) is 7.61. The summed E-state index contributed by atoms with van der Waals surface area (Å²) in [6.45, 7) is 5.22. The van der Waals surface area contributed by atoms with Gasteiger partial charge in [0.2, 0.25) is 0 Å². The van der Waals surface area contributed by atoms with E-state index in [-0.39, 0.29) is 29.3 Å². The number of nitrogens with one attached hydrogen (secondary N) is 1. The summed E-state index contributed by atoms with van der Waals surface area (Å²) in [6, 6.07) is 0. The van der Waals surface area contributed by atoms with E-state index in [1.807, 2.05) is 6.92 Å². The minimum atomic E-state index is -0.675. The smallest absolute Gasteiger partial charge is 0.315 e. The first-order valence-corrected chi connectivity index (χ1v) is 8.92. The number of fused-ring (bicyclic) bond motifs is 2. The normalized spacial score (nSPS) is 56.2. The zero-order chi connectivity index (χ0) is 15.9. The Morgan fingerprint density at radius 2 is 2.00 bits per heavy atom. The lowest BCUT2D eigenvalue weighted by Gasteiger charge is -2.36. The van der Waals surface area contributed by atoms with E-state index >= 15 is 0 Å². The van der Waals surface area contributed by atoms with Gasteiger partial charge in [0.05, 0.1) is 26.2 Å². The summed E-state index contributed by atoms with van der Waals surface area (Å²) < 4.78 is 5.93. The molecule has 1 spiro atoms. The van der Waals surface area contributed by atoms with Crippen LogP contribution in [0.3, 0.4) is 0 Å². The summed E-state index contributed by atoms with van der Waals surface area (Å²) in [6.07, 6.45) is 5.39. The SMILES string of the molecule is C[NH+](C)C[C@@H]1C(=O)O[C@H]2[C@H]1CC[C@@]1(C)C[C@]13CC[C@@](C)(O)[C@H]23. The number of esters is 1. The van der Waals surface area contributed by atoms with Crippen molar-refractivity contribution in [2.24, 2.45) is 28.6 Å². The Morgan fingerprint density at radius 1 is 1.27 bits per heavy atom. The molecular formula is C18H30NO3+. The van der Waals surface area contributed by atoms with Gasteiger partial charge in [-0.25, -0.2) is 0 Å². The molecule has 4 rings (SSSR count).